The molecule has 232 valence electrons. The van der Waals surface area contributed by atoms with Gasteiger partial charge in [-0.15, -0.1) is 0 Å². The molecule has 4 aliphatic carbocycles. The fourth-order valence-corrected chi connectivity index (χ4v) is 9.27. The van der Waals surface area contributed by atoms with Crippen LogP contribution in [0.1, 0.15) is 78.6 Å². The average molecular weight is 759 g/mol. The molecule has 8 atom stereocenters. The summed E-state index contributed by atoms with van der Waals surface area (Å²) >= 11 is 0. The molecule has 0 bridgehead atoms. The van der Waals surface area contributed by atoms with Crippen molar-refractivity contribution >= 4 is 29.5 Å². The van der Waals surface area contributed by atoms with Gasteiger partial charge in [0.1, 0.15) is 11.6 Å². The zero-order valence-corrected chi connectivity index (χ0v) is 26.2. The Morgan fingerprint density at radius 2 is 1.66 bits per heavy atom. The number of rotatable bonds is 6. The minimum absolute atomic E-state index is 0. The van der Waals surface area contributed by atoms with Gasteiger partial charge >= 0.3 is 27.0 Å². The number of ether oxygens (including phenoxy) is 2. The summed E-state index contributed by atoms with van der Waals surface area (Å²) in [7, 11) is 0. The van der Waals surface area contributed by atoms with Crippen molar-refractivity contribution in [2.75, 3.05) is 13.2 Å². The fraction of sp³-hybridized carbons (Fsp3) is 0.828. The van der Waals surface area contributed by atoms with Crippen LogP contribution in [0, 0.1) is 51.8 Å². The number of carboxylic acids is 3. The zero-order valence-electron chi connectivity index (χ0n) is 23.9. The largest absolute Gasteiger partial charge is 2.00 e. The van der Waals surface area contributed by atoms with Crippen molar-refractivity contribution in [3.63, 3.8) is 0 Å². The van der Waals surface area contributed by atoms with Gasteiger partial charge in [0, 0.05) is 43.0 Å². The van der Waals surface area contributed by atoms with E-state index in [0.29, 0.717) is 38.5 Å². The number of Topliss-reactive ketones (excluding diaryl/α,β-unsaturated/α-hetero) is 2. The number of fused-ring (bicyclic) bond motifs is 5. The Balaban J connectivity index is 0.00000231. The molecular weight excluding hydrogens is 717 g/mol. The Bertz CT molecular complexity index is 1090. The van der Waals surface area contributed by atoms with Crippen molar-refractivity contribution in [1.29, 1.82) is 0 Å². The van der Waals surface area contributed by atoms with E-state index < -0.39 is 47.7 Å². The standard InChI is InChI=1S/C29H40O10.H3N.Pt/c1-15(4-7-22(32)33)17-5-6-18-23-19(11-21(31)27(17,18)3)26(2)8-9-29(12-16(26)10-20(23)30)38-13-28(14-39-29,24(34)35)25(36)37;;/h15-19,23H,4-14H2,1-3H3,(H,32,33)(H,34,35)(H,36,37);1H3;/q;;+2/p-2/t15?,16?,17?,18?,19?,23?,26-,27+;;/m0../s1. The predicted octanol–water partition coefficient (Wildman–Crippen LogP) is 0.893. The molecule has 1 spiro atoms. The number of ketones is 2. The van der Waals surface area contributed by atoms with Crippen LogP contribution in [0.5, 0.6) is 0 Å². The third-order valence-electron chi connectivity index (χ3n) is 11.9. The van der Waals surface area contributed by atoms with E-state index in [0.717, 1.165) is 12.8 Å². The van der Waals surface area contributed by atoms with Gasteiger partial charge < -0.3 is 40.5 Å². The van der Waals surface area contributed by atoms with Gasteiger partial charge in [-0.1, -0.05) is 20.8 Å². The summed E-state index contributed by atoms with van der Waals surface area (Å²) in [5, 5.41) is 32.1. The first kappa shape index (κ1) is 33.8. The molecule has 5 aliphatic rings. The number of carboxylic acid groups (broad SMARTS) is 3. The normalized spacial score (nSPS) is 43.9. The van der Waals surface area contributed by atoms with Crippen LogP contribution < -0.4 is 16.4 Å². The second-order valence-corrected chi connectivity index (χ2v) is 13.5. The molecule has 1 aliphatic heterocycles. The van der Waals surface area contributed by atoms with Crippen molar-refractivity contribution < 1.29 is 69.8 Å². The van der Waals surface area contributed by atoms with Crippen LogP contribution in [0.2, 0.25) is 0 Å². The van der Waals surface area contributed by atoms with Crippen LogP contribution in [0.15, 0.2) is 0 Å². The van der Waals surface area contributed by atoms with E-state index in [9.17, 15) is 39.3 Å². The Kier molecular flexibility index (Phi) is 9.43. The van der Waals surface area contributed by atoms with Gasteiger partial charge in [-0.2, -0.15) is 0 Å². The van der Waals surface area contributed by atoms with E-state index in [1.54, 1.807) is 0 Å². The van der Waals surface area contributed by atoms with E-state index in [4.69, 9.17) is 9.47 Å². The second-order valence-electron chi connectivity index (χ2n) is 13.5. The second kappa shape index (κ2) is 11.4. The fourth-order valence-electron chi connectivity index (χ4n) is 9.27. The van der Waals surface area contributed by atoms with Gasteiger partial charge in [0.15, 0.2) is 11.2 Å². The molecule has 0 amide bonds. The van der Waals surface area contributed by atoms with Gasteiger partial charge in [0.2, 0.25) is 0 Å². The molecule has 5 fully saturated rings. The third-order valence-corrected chi connectivity index (χ3v) is 11.9. The molecule has 0 radical (unpaired) electrons. The van der Waals surface area contributed by atoms with Crippen LogP contribution in [-0.4, -0.2) is 53.6 Å². The minimum atomic E-state index is -2.27. The quantitative estimate of drug-likeness (QED) is 0.364. The van der Waals surface area contributed by atoms with Gasteiger partial charge in [-0.25, -0.2) is 0 Å². The molecule has 5 rings (SSSR count). The zero-order chi connectivity index (χ0) is 28.5. The first-order valence-corrected chi connectivity index (χ1v) is 14.2. The topological polar surface area (TPSA) is 205 Å². The van der Waals surface area contributed by atoms with Gasteiger partial charge in [-0.3, -0.25) is 14.4 Å². The molecule has 6 unspecified atom stereocenters. The molecule has 11 nitrogen and oxygen atoms in total. The molecule has 0 aromatic carbocycles. The SMILES string of the molecule is CC(CCC(=O)[O-])C1CCC2C3C(=O)CC4CC5(CC[C@]4(C)C3CC(=O)[C@]12C)OCC(C(=O)[O-])(C(=O)O)CO5.N.[Pt+2]. The van der Waals surface area contributed by atoms with Crippen LogP contribution in [0.4, 0.5) is 0 Å². The van der Waals surface area contributed by atoms with Crippen LogP contribution in [0.25, 0.3) is 0 Å². The summed E-state index contributed by atoms with van der Waals surface area (Å²) in [6.07, 6.45) is 3.95. The smallest absolute Gasteiger partial charge is 0.550 e. The summed E-state index contributed by atoms with van der Waals surface area (Å²) < 4.78 is 11.7. The summed E-state index contributed by atoms with van der Waals surface area (Å²) in [6, 6.07) is 0. The maximum absolute atomic E-state index is 13.9. The van der Waals surface area contributed by atoms with E-state index in [1.807, 2.05) is 13.8 Å². The van der Waals surface area contributed by atoms with E-state index in [1.165, 1.54) is 0 Å². The van der Waals surface area contributed by atoms with Crippen molar-refractivity contribution in [1.82, 2.24) is 6.15 Å². The summed E-state index contributed by atoms with van der Waals surface area (Å²) in [5.41, 5.74) is -3.24. The maximum Gasteiger partial charge on any atom is 2.00 e. The van der Waals surface area contributed by atoms with E-state index >= 15 is 0 Å². The van der Waals surface area contributed by atoms with Crippen molar-refractivity contribution in [3.05, 3.63) is 0 Å². The van der Waals surface area contributed by atoms with Crippen LogP contribution >= 0.6 is 0 Å². The Hall–Kier alpha value is -1.68. The van der Waals surface area contributed by atoms with E-state index in [-0.39, 0.29) is 86.1 Å². The molecule has 0 aromatic heterocycles. The van der Waals surface area contributed by atoms with Gasteiger partial charge in [0.25, 0.3) is 0 Å². The number of carbonyl (C=O) groups is 5. The Labute approximate surface area is 254 Å². The average Bonchev–Trinajstić information content (AvgIpc) is 3.23. The molecule has 4 saturated carbocycles. The maximum atomic E-state index is 13.9. The number of hydrogen-bond acceptors (Lipinski definition) is 10. The first-order chi connectivity index (χ1) is 18.2. The molecule has 1 saturated heterocycles. The molecule has 12 heteroatoms. The van der Waals surface area contributed by atoms with Gasteiger partial charge in [-0.05, 0) is 67.1 Å². The predicted molar refractivity (Wildman–Crippen MR) is 134 cm³/mol. The third kappa shape index (κ3) is 5.02. The van der Waals surface area contributed by atoms with Crippen molar-refractivity contribution in [2.45, 2.75) is 84.3 Å². The molecule has 41 heavy (non-hydrogen) atoms. The summed E-state index contributed by atoms with van der Waals surface area (Å²) in [4.78, 5) is 62.0. The first-order valence-electron chi connectivity index (χ1n) is 14.2. The molecule has 4 N–H and O–H groups in total. The monoisotopic (exact) mass is 758 g/mol. The van der Waals surface area contributed by atoms with Gasteiger partial charge in [0.05, 0.1) is 19.2 Å². The number of carbonyl (C=O) groups excluding carboxylic acids is 4. The summed E-state index contributed by atoms with van der Waals surface area (Å²) in [6.45, 7) is 5.02. The van der Waals surface area contributed by atoms with Crippen LogP contribution in [-0.2, 0) is 54.5 Å². The number of hydrogen-bond donors (Lipinski definition) is 2. The van der Waals surface area contributed by atoms with Crippen molar-refractivity contribution in [3.8, 4) is 0 Å². The Morgan fingerprint density at radius 3 is 2.22 bits per heavy atom. The molecule has 1 heterocycles. The molecule has 0 aromatic rings. The summed E-state index contributed by atoms with van der Waals surface area (Å²) in [5.74, 6) is -5.76. The minimum Gasteiger partial charge on any atom is -0.550 e. The number of aliphatic carboxylic acids is 3. The Morgan fingerprint density at radius 1 is 1.02 bits per heavy atom. The van der Waals surface area contributed by atoms with Crippen LogP contribution in [0.3, 0.4) is 0 Å². The van der Waals surface area contributed by atoms with E-state index in [2.05, 4.69) is 6.92 Å². The molecular formula is C29H41NO10Pt. The van der Waals surface area contributed by atoms with Crippen molar-refractivity contribution in [2.24, 2.45) is 51.8 Å².